The molecular weight excluding hydrogens is 334 g/mol. The molecule has 0 unspecified atom stereocenters. The number of likely N-dealkylation sites (tertiary alicyclic amines) is 1. The minimum absolute atomic E-state index is 0.00968. The van der Waals surface area contributed by atoms with Crippen molar-refractivity contribution >= 4 is 12.4 Å². The number of nitrogens with zero attached hydrogens (tertiary/aromatic N) is 2. The van der Waals surface area contributed by atoms with Crippen LogP contribution in [0.15, 0.2) is 30.9 Å². The van der Waals surface area contributed by atoms with Gasteiger partial charge in [0.15, 0.2) is 11.6 Å². The molecule has 2 aliphatic heterocycles. The Morgan fingerprint density at radius 1 is 1.32 bits per heavy atom. The Labute approximate surface area is 144 Å². The van der Waals surface area contributed by atoms with Crippen LogP contribution in [0.4, 0.5) is 8.78 Å². The van der Waals surface area contributed by atoms with Crippen LogP contribution < -0.4 is 0 Å². The summed E-state index contributed by atoms with van der Waals surface area (Å²) in [7, 11) is 0. The van der Waals surface area contributed by atoms with E-state index in [-0.39, 0.29) is 31.1 Å². The van der Waals surface area contributed by atoms with E-state index in [9.17, 15) is 13.6 Å². The van der Waals surface area contributed by atoms with Gasteiger partial charge in [-0.05, 0) is 17.7 Å². The molecule has 2 saturated heterocycles. The number of hydrogen-bond donors (Lipinski definition) is 1. The van der Waals surface area contributed by atoms with Gasteiger partial charge in [0.05, 0.1) is 12.1 Å². The second kappa shape index (κ2) is 8.68. The van der Waals surface area contributed by atoms with Gasteiger partial charge in [0.1, 0.15) is 6.61 Å². The van der Waals surface area contributed by atoms with Crippen molar-refractivity contribution in [1.29, 1.82) is 0 Å². The number of amides is 1. The number of morpholine rings is 1. The van der Waals surface area contributed by atoms with Crippen LogP contribution in [0.25, 0.3) is 0 Å². The predicted molar refractivity (Wildman–Crippen MR) is 85.8 cm³/mol. The molecule has 0 spiro atoms. The SMILES string of the molecule is C=CCN1C(=O)CO[C@@H]2CN(Cc3ccc(F)c(F)c3)C[C@H]21.O=CO. The number of carbonyl (C=O) groups is 2. The minimum atomic E-state index is -0.843. The molecule has 0 bridgehead atoms. The van der Waals surface area contributed by atoms with E-state index in [0.29, 0.717) is 31.7 Å². The highest BCUT2D eigenvalue weighted by molar-refractivity contribution is 5.79. The van der Waals surface area contributed by atoms with Crippen LogP contribution in [0.2, 0.25) is 0 Å². The van der Waals surface area contributed by atoms with E-state index < -0.39 is 11.6 Å². The summed E-state index contributed by atoms with van der Waals surface area (Å²) in [6.07, 6.45) is 1.67. The number of rotatable bonds is 4. The molecule has 1 aromatic carbocycles. The van der Waals surface area contributed by atoms with E-state index in [1.165, 1.54) is 6.07 Å². The number of benzene rings is 1. The fraction of sp³-hybridized carbons (Fsp3) is 0.412. The quantitative estimate of drug-likeness (QED) is 0.651. The van der Waals surface area contributed by atoms with Gasteiger partial charge >= 0.3 is 0 Å². The molecular formula is C17H20F2N2O4. The molecule has 1 N–H and O–H groups in total. The Kier molecular flexibility index (Phi) is 6.60. The summed E-state index contributed by atoms with van der Waals surface area (Å²) in [5, 5.41) is 6.89. The van der Waals surface area contributed by atoms with Gasteiger partial charge in [-0.25, -0.2) is 8.78 Å². The average Bonchev–Trinajstić information content (AvgIpc) is 2.97. The summed E-state index contributed by atoms with van der Waals surface area (Å²) in [4.78, 5) is 24.2. The Morgan fingerprint density at radius 2 is 2.04 bits per heavy atom. The summed E-state index contributed by atoms with van der Waals surface area (Å²) in [6.45, 7) is 5.86. The van der Waals surface area contributed by atoms with Crippen molar-refractivity contribution < 1.29 is 28.2 Å². The third kappa shape index (κ3) is 4.61. The standard InChI is InChI=1S/C16H18F2N2O2.CH2O2/c1-2-5-20-14-8-19(9-15(14)22-10-16(20)21)7-11-3-4-12(17)13(18)6-11;2-1-3/h2-4,6,14-15H,1,5,7-10H2;1H,(H,2,3)/t14-,15-;/m1./s1. The Balaban J connectivity index is 0.000000701. The number of halogens is 2. The zero-order valence-corrected chi connectivity index (χ0v) is 13.6. The van der Waals surface area contributed by atoms with Gasteiger partial charge in [-0.2, -0.15) is 0 Å². The third-order valence-corrected chi connectivity index (χ3v) is 4.17. The maximum absolute atomic E-state index is 13.3. The van der Waals surface area contributed by atoms with E-state index >= 15 is 0 Å². The van der Waals surface area contributed by atoms with Gasteiger partial charge in [0, 0.05) is 26.2 Å². The van der Waals surface area contributed by atoms with Crippen LogP contribution in [0.3, 0.4) is 0 Å². The first kappa shape index (κ1) is 19.0. The predicted octanol–water partition coefficient (Wildman–Crippen LogP) is 1.26. The van der Waals surface area contributed by atoms with E-state index in [0.717, 1.165) is 6.07 Å². The van der Waals surface area contributed by atoms with Gasteiger partial charge in [0.25, 0.3) is 6.47 Å². The first-order valence-corrected chi connectivity index (χ1v) is 7.76. The largest absolute Gasteiger partial charge is 0.483 e. The van der Waals surface area contributed by atoms with Gasteiger partial charge in [-0.3, -0.25) is 14.5 Å². The summed E-state index contributed by atoms with van der Waals surface area (Å²) in [5.41, 5.74) is 0.708. The van der Waals surface area contributed by atoms with Crippen molar-refractivity contribution in [2.75, 3.05) is 26.2 Å². The van der Waals surface area contributed by atoms with E-state index in [1.807, 2.05) is 0 Å². The normalized spacial score (nSPS) is 22.8. The molecule has 6 nitrogen and oxygen atoms in total. The zero-order chi connectivity index (χ0) is 18.4. The van der Waals surface area contributed by atoms with Crippen LogP contribution in [0.5, 0.6) is 0 Å². The van der Waals surface area contributed by atoms with Crippen LogP contribution in [0.1, 0.15) is 5.56 Å². The number of fused-ring (bicyclic) bond motifs is 1. The van der Waals surface area contributed by atoms with Crippen molar-refractivity contribution in [3.8, 4) is 0 Å². The maximum Gasteiger partial charge on any atom is 0.290 e. The second-order valence-electron chi connectivity index (χ2n) is 5.80. The van der Waals surface area contributed by atoms with Crippen molar-refractivity contribution in [3.05, 3.63) is 48.1 Å². The molecule has 0 aliphatic carbocycles. The highest BCUT2D eigenvalue weighted by Crippen LogP contribution is 2.25. The fourth-order valence-corrected chi connectivity index (χ4v) is 3.14. The zero-order valence-electron chi connectivity index (χ0n) is 13.6. The summed E-state index contributed by atoms with van der Waals surface area (Å²) >= 11 is 0. The molecule has 1 aromatic rings. The molecule has 3 rings (SSSR count). The van der Waals surface area contributed by atoms with Gasteiger partial charge in [-0.1, -0.05) is 12.1 Å². The molecule has 0 saturated carbocycles. The lowest BCUT2D eigenvalue weighted by atomic mass is 10.1. The first-order chi connectivity index (χ1) is 12.0. The van der Waals surface area contributed by atoms with E-state index in [4.69, 9.17) is 14.6 Å². The Hall–Kier alpha value is -2.32. The molecule has 2 fully saturated rings. The number of ether oxygens (including phenoxy) is 1. The highest BCUT2D eigenvalue weighted by atomic mass is 19.2. The highest BCUT2D eigenvalue weighted by Gasteiger charge is 2.42. The average molecular weight is 354 g/mol. The minimum Gasteiger partial charge on any atom is -0.483 e. The molecule has 2 atom stereocenters. The smallest absolute Gasteiger partial charge is 0.290 e. The number of carbonyl (C=O) groups excluding carboxylic acids is 1. The lowest BCUT2D eigenvalue weighted by Gasteiger charge is -2.36. The summed E-state index contributed by atoms with van der Waals surface area (Å²) in [5.74, 6) is -1.71. The van der Waals surface area contributed by atoms with Crippen molar-refractivity contribution in [2.45, 2.75) is 18.7 Å². The van der Waals surface area contributed by atoms with Gasteiger partial charge < -0.3 is 14.7 Å². The van der Waals surface area contributed by atoms with Crippen molar-refractivity contribution in [2.24, 2.45) is 0 Å². The summed E-state index contributed by atoms with van der Waals surface area (Å²) < 4.78 is 31.9. The van der Waals surface area contributed by atoms with E-state index in [2.05, 4.69) is 11.5 Å². The molecule has 8 heteroatoms. The van der Waals surface area contributed by atoms with Gasteiger partial charge in [0.2, 0.25) is 5.91 Å². The molecule has 0 aromatic heterocycles. The van der Waals surface area contributed by atoms with Crippen molar-refractivity contribution in [1.82, 2.24) is 9.80 Å². The number of hydrogen-bond acceptors (Lipinski definition) is 4. The van der Waals surface area contributed by atoms with Crippen LogP contribution in [-0.4, -0.2) is 65.7 Å². The lowest BCUT2D eigenvalue weighted by Crippen LogP contribution is -2.53. The monoisotopic (exact) mass is 354 g/mol. The van der Waals surface area contributed by atoms with Crippen molar-refractivity contribution in [3.63, 3.8) is 0 Å². The van der Waals surface area contributed by atoms with Gasteiger partial charge in [-0.15, -0.1) is 6.58 Å². The summed E-state index contributed by atoms with van der Waals surface area (Å²) in [6, 6.07) is 3.92. The van der Waals surface area contributed by atoms with E-state index in [1.54, 1.807) is 17.0 Å². The molecule has 136 valence electrons. The Morgan fingerprint density at radius 3 is 2.68 bits per heavy atom. The lowest BCUT2D eigenvalue weighted by molar-refractivity contribution is -0.151. The van der Waals surface area contributed by atoms with Crippen LogP contribution in [0, 0.1) is 11.6 Å². The molecule has 2 heterocycles. The second-order valence-corrected chi connectivity index (χ2v) is 5.80. The molecule has 1 amide bonds. The maximum atomic E-state index is 13.3. The molecule has 2 aliphatic rings. The molecule has 25 heavy (non-hydrogen) atoms. The number of carboxylic acid groups (broad SMARTS) is 1. The molecule has 0 radical (unpaired) electrons. The third-order valence-electron chi connectivity index (χ3n) is 4.17. The first-order valence-electron chi connectivity index (χ1n) is 7.76. The van der Waals surface area contributed by atoms with Crippen LogP contribution >= 0.6 is 0 Å². The van der Waals surface area contributed by atoms with Crippen LogP contribution in [-0.2, 0) is 20.9 Å². The fourth-order valence-electron chi connectivity index (χ4n) is 3.14. The Bertz CT molecular complexity index is 641. The topological polar surface area (TPSA) is 70.1 Å².